The molecule has 19 heavy (non-hydrogen) atoms. The van der Waals surface area contributed by atoms with Gasteiger partial charge in [0.2, 0.25) is 0 Å². The second kappa shape index (κ2) is 5.74. The van der Waals surface area contributed by atoms with Gasteiger partial charge in [-0.2, -0.15) is 5.26 Å². The van der Waals surface area contributed by atoms with E-state index >= 15 is 0 Å². The number of rotatable bonds is 4. The van der Waals surface area contributed by atoms with Gasteiger partial charge in [-0.05, 0) is 37.3 Å². The van der Waals surface area contributed by atoms with Crippen LogP contribution in [0, 0.1) is 11.3 Å². The molecule has 1 heterocycles. The fourth-order valence-electron chi connectivity index (χ4n) is 1.59. The van der Waals surface area contributed by atoms with Crippen LogP contribution in [-0.2, 0) is 0 Å². The van der Waals surface area contributed by atoms with Crippen LogP contribution in [-0.4, -0.2) is 11.6 Å². The van der Waals surface area contributed by atoms with Gasteiger partial charge in [-0.3, -0.25) is 0 Å². The van der Waals surface area contributed by atoms with Crippen LogP contribution < -0.4 is 15.8 Å². The molecule has 0 saturated heterocycles. The first-order chi connectivity index (χ1) is 9.22. The van der Waals surface area contributed by atoms with E-state index in [1.54, 1.807) is 24.4 Å². The first kappa shape index (κ1) is 12.7. The van der Waals surface area contributed by atoms with Crippen LogP contribution in [0.5, 0.6) is 5.75 Å². The Bertz CT molecular complexity index is 602. The third-order valence-electron chi connectivity index (χ3n) is 2.49. The highest BCUT2D eigenvalue weighted by Gasteiger charge is 2.02. The SMILES string of the molecule is CCOc1ccc(Nc2ccc(C#N)cc2N)nc1. The monoisotopic (exact) mass is 254 g/mol. The van der Waals surface area contributed by atoms with Crippen LogP contribution in [0.2, 0.25) is 0 Å². The summed E-state index contributed by atoms with van der Waals surface area (Å²) in [7, 11) is 0. The second-order valence-corrected chi connectivity index (χ2v) is 3.85. The van der Waals surface area contributed by atoms with Gasteiger partial charge in [0.15, 0.2) is 0 Å². The van der Waals surface area contributed by atoms with Crippen LogP contribution in [0.3, 0.4) is 0 Å². The number of ether oxygens (including phenoxy) is 1. The Morgan fingerprint density at radius 2 is 2.21 bits per heavy atom. The zero-order valence-corrected chi connectivity index (χ0v) is 10.6. The van der Waals surface area contributed by atoms with Gasteiger partial charge < -0.3 is 15.8 Å². The summed E-state index contributed by atoms with van der Waals surface area (Å²) < 4.78 is 5.31. The van der Waals surface area contributed by atoms with Gasteiger partial charge in [0.1, 0.15) is 11.6 Å². The summed E-state index contributed by atoms with van der Waals surface area (Å²) in [5.41, 5.74) is 7.61. The van der Waals surface area contributed by atoms with Gasteiger partial charge in [0.05, 0.1) is 35.8 Å². The summed E-state index contributed by atoms with van der Waals surface area (Å²) in [6.45, 7) is 2.53. The van der Waals surface area contributed by atoms with Crippen molar-refractivity contribution in [3.63, 3.8) is 0 Å². The molecule has 2 aromatic rings. The van der Waals surface area contributed by atoms with E-state index in [9.17, 15) is 0 Å². The van der Waals surface area contributed by atoms with E-state index in [0.717, 1.165) is 11.4 Å². The maximum atomic E-state index is 8.77. The van der Waals surface area contributed by atoms with Crippen LogP contribution in [0.1, 0.15) is 12.5 Å². The molecule has 0 fully saturated rings. The van der Waals surface area contributed by atoms with Gasteiger partial charge in [0.25, 0.3) is 0 Å². The molecule has 3 N–H and O–H groups in total. The average Bonchev–Trinajstić information content (AvgIpc) is 2.43. The Morgan fingerprint density at radius 1 is 1.37 bits per heavy atom. The third-order valence-corrected chi connectivity index (χ3v) is 2.49. The number of nitriles is 1. The lowest BCUT2D eigenvalue weighted by Crippen LogP contribution is -1.99. The van der Waals surface area contributed by atoms with Crippen molar-refractivity contribution in [2.75, 3.05) is 17.7 Å². The maximum Gasteiger partial charge on any atom is 0.137 e. The number of nitrogens with zero attached hydrogens (tertiary/aromatic N) is 2. The van der Waals surface area contributed by atoms with Crippen molar-refractivity contribution in [3.8, 4) is 11.8 Å². The van der Waals surface area contributed by atoms with Crippen molar-refractivity contribution in [2.45, 2.75) is 6.92 Å². The third kappa shape index (κ3) is 3.13. The van der Waals surface area contributed by atoms with Crippen molar-refractivity contribution >= 4 is 17.2 Å². The van der Waals surface area contributed by atoms with E-state index in [0.29, 0.717) is 23.7 Å². The molecule has 0 aliphatic rings. The fraction of sp³-hybridized carbons (Fsp3) is 0.143. The number of nitrogens with one attached hydrogen (secondary N) is 1. The van der Waals surface area contributed by atoms with E-state index in [4.69, 9.17) is 15.7 Å². The second-order valence-electron chi connectivity index (χ2n) is 3.85. The Morgan fingerprint density at radius 3 is 2.79 bits per heavy atom. The number of pyridine rings is 1. The molecule has 0 saturated carbocycles. The summed E-state index contributed by atoms with van der Waals surface area (Å²) in [5.74, 6) is 1.39. The van der Waals surface area contributed by atoms with Gasteiger partial charge in [-0.25, -0.2) is 4.98 Å². The predicted molar refractivity (Wildman–Crippen MR) is 74.3 cm³/mol. The molecular weight excluding hydrogens is 240 g/mol. The predicted octanol–water partition coefficient (Wildman–Crippen LogP) is 2.68. The number of hydrogen-bond donors (Lipinski definition) is 2. The van der Waals surface area contributed by atoms with E-state index in [1.165, 1.54) is 0 Å². The standard InChI is InChI=1S/C14H14N4O/c1-2-19-11-4-6-14(17-9-11)18-13-5-3-10(8-15)7-12(13)16/h3-7,9H,2,16H2,1H3,(H,17,18). The summed E-state index contributed by atoms with van der Waals surface area (Å²) >= 11 is 0. The maximum absolute atomic E-state index is 8.77. The molecule has 2 rings (SSSR count). The van der Waals surface area contributed by atoms with Crippen LogP contribution >= 0.6 is 0 Å². The molecule has 0 amide bonds. The van der Waals surface area contributed by atoms with Crippen molar-refractivity contribution in [3.05, 3.63) is 42.1 Å². The Kier molecular flexibility index (Phi) is 3.84. The molecule has 96 valence electrons. The molecule has 0 spiro atoms. The van der Waals surface area contributed by atoms with E-state index in [2.05, 4.69) is 10.3 Å². The smallest absolute Gasteiger partial charge is 0.137 e. The Hall–Kier alpha value is -2.74. The van der Waals surface area contributed by atoms with E-state index < -0.39 is 0 Å². The van der Waals surface area contributed by atoms with Crippen LogP contribution in [0.15, 0.2) is 36.5 Å². The summed E-state index contributed by atoms with van der Waals surface area (Å²) in [6, 6.07) is 10.8. The summed E-state index contributed by atoms with van der Waals surface area (Å²) in [4.78, 5) is 4.22. The fourth-order valence-corrected chi connectivity index (χ4v) is 1.59. The normalized spacial score (nSPS) is 9.68. The molecule has 1 aromatic carbocycles. The largest absolute Gasteiger partial charge is 0.492 e. The number of aromatic nitrogens is 1. The first-order valence-electron chi connectivity index (χ1n) is 5.88. The van der Waals surface area contributed by atoms with Crippen molar-refractivity contribution in [1.82, 2.24) is 4.98 Å². The zero-order valence-electron chi connectivity index (χ0n) is 10.6. The molecule has 5 heteroatoms. The minimum absolute atomic E-state index is 0.509. The number of anilines is 3. The Labute approximate surface area is 111 Å². The number of nitrogen functional groups attached to an aromatic ring is 1. The van der Waals surface area contributed by atoms with Gasteiger partial charge >= 0.3 is 0 Å². The highest BCUT2D eigenvalue weighted by atomic mass is 16.5. The van der Waals surface area contributed by atoms with Crippen molar-refractivity contribution in [2.24, 2.45) is 0 Å². The molecule has 0 atom stereocenters. The number of nitrogens with two attached hydrogens (primary N) is 1. The molecule has 1 aromatic heterocycles. The van der Waals surface area contributed by atoms with Gasteiger partial charge in [0, 0.05) is 0 Å². The molecule has 0 aliphatic carbocycles. The highest BCUT2D eigenvalue weighted by Crippen LogP contribution is 2.23. The number of hydrogen-bond acceptors (Lipinski definition) is 5. The molecule has 0 aliphatic heterocycles. The van der Waals surface area contributed by atoms with E-state index in [-0.39, 0.29) is 0 Å². The molecule has 0 unspecified atom stereocenters. The molecule has 0 bridgehead atoms. The van der Waals surface area contributed by atoms with Crippen LogP contribution in [0.4, 0.5) is 17.2 Å². The average molecular weight is 254 g/mol. The Balaban J connectivity index is 2.15. The lowest BCUT2D eigenvalue weighted by atomic mass is 10.2. The lowest BCUT2D eigenvalue weighted by molar-refractivity contribution is 0.339. The summed E-state index contributed by atoms with van der Waals surface area (Å²) in [6.07, 6.45) is 1.64. The van der Waals surface area contributed by atoms with Crippen molar-refractivity contribution in [1.29, 1.82) is 5.26 Å². The quantitative estimate of drug-likeness (QED) is 0.819. The van der Waals surface area contributed by atoms with E-state index in [1.807, 2.05) is 25.1 Å². The van der Waals surface area contributed by atoms with Gasteiger partial charge in [-0.15, -0.1) is 0 Å². The highest BCUT2D eigenvalue weighted by molar-refractivity contribution is 5.72. The molecule has 5 nitrogen and oxygen atoms in total. The minimum atomic E-state index is 0.509. The number of benzene rings is 1. The summed E-state index contributed by atoms with van der Waals surface area (Å²) in [5, 5.41) is 11.9. The minimum Gasteiger partial charge on any atom is -0.492 e. The molecule has 0 radical (unpaired) electrons. The molecular formula is C14H14N4O. The van der Waals surface area contributed by atoms with Crippen molar-refractivity contribution < 1.29 is 4.74 Å². The van der Waals surface area contributed by atoms with Crippen LogP contribution in [0.25, 0.3) is 0 Å². The zero-order chi connectivity index (χ0) is 13.7. The lowest BCUT2D eigenvalue weighted by Gasteiger charge is -2.09. The topological polar surface area (TPSA) is 84.0 Å². The first-order valence-corrected chi connectivity index (χ1v) is 5.88. The van der Waals surface area contributed by atoms with Gasteiger partial charge in [-0.1, -0.05) is 0 Å².